The Morgan fingerprint density at radius 1 is 1.00 bits per heavy atom. The van der Waals surface area contributed by atoms with E-state index in [9.17, 15) is 30.8 Å². The lowest BCUT2D eigenvalue weighted by atomic mass is 10.3. The predicted octanol–water partition coefficient (Wildman–Crippen LogP) is 3.29. The maximum atomic E-state index is 13.5. The van der Waals surface area contributed by atoms with Gasteiger partial charge in [-0.1, -0.05) is 13.8 Å². The normalized spacial score (nSPS) is 11.6. The number of carbonyl (C=O) groups is 1. The van der Waals surface area contributed by atoms with Gasteiger partial charge in [0, 0.05) is 24.8 Å². The number of sulfonamides is 1. The standard InChI is InChI=1S/C18H18F4N2O4S/c1-3-24(4-2)29(26,27)12-7-5-11(6-8-12)23-15(25)10-28-18-16(21)13(19)9-14(20)17(18)22/h5-9H,3-4,10H2,1-2H3,(H,23,25). The summed E-state index contributed by atoms with van der Waals surface area (Å²) in [4.78, 5) is 11.9. The van der Waals surface area contributed by atoms with Gasteiger partial charge in [-0.25, -0.2) is 17.2 Å². The van der Waals surface area contributed by atoms with E-state index in [2.05, 4.69) is 10.1 Å². The molecule has 0 aliphatic heterocycles. The van der Waals surface area contributed by atoms with Crippen LogP contribution in [0.4, 0.5) is 23.2 Å². The summed E-state index contributed by atoms with van der Waals surface area (Å²) < 4.78 is 83.8. The lowest BCUT2D eigenvalue weighted by Gasteiger charge is -2.18. The number of nitrogens with one attached hydrogen (secondary N) is 1. The summed E-state index contributed by atoms with van der Waals surface area (Å²) in [7, 11) is -3.67. The Labute approximate surface area is 165 Å². The van der Waals surface area contributed by atoms with Gasteiger partial charge in [-0.05, 0) is 24.3 Å². The average molecular weight is 434 g/mol. The number of benzene rings is 2. The molecular weight excluding hydrogens is 416 g/mol. The molecule has 2 aromatic rings. The zero-order valence-corrected chi connectivity index (χ0v) is 16.3. The van der Waals surface area contributed by atoms with Gasteiger partial charge in [0.05, 0.1) is 4.90 Å². The summed E-state index contributed by atoms with van der Waals surface area (Å²) in [5, 5.41) is 2.31. The average Bonchev–Trinajstić information content (AvgIpc) is 2.67. The molecule has 6 nitrogen and oxygen atoms in total. The maximum Gasteiger partial charge on any atom is 0.262 e. The van der Waals surface area contributed by atoms with E-state index in [4.69, 9.17) is 0 Å². The highest BCUT2D eigenvalue weighted by Gasteiger charge is 2.22. The summed E-state index contributed by atoms with van der Waals surface area (Å²) in [6, 6.07) is 5.22. The van der Waals surface area contributed by atoms with Crippen LogP contribution in [0.3, 0.4) is 0 Å². The van der Waals surface area contributed by atoms with Crippen molar-refractivity contribution in [3.8, 4) is 5.75 Å². The van der Waals surface area contributed by atoms with E-state index in [0.29, 0.717) is 13.1 Å². The van der Waals surface area contributed by atoms with Gasteiger partial charge in [0.25, 0.3) is 5.91 Å². The molecule has 158 valence electrons. The van der Waals surface area contributed by atoms with Crippen molar-refractivity contribution >= 4 is 21.6 Å². The fourth-order valence-electron chi connectivity index (χ4n) is 2.44. The monoisotopic (exact) mass is 434 g/mol. The first-order valence-electron chi connectivity index (χ1n) is 8.47. The molecule has 0 atom stereocenters. The zero-order chi connectivity index (χ0) is 21.8. The summed E-state index contributed by atoms with van der Waals surface area (Å²) in [5.74, 6) is -9.08. The molecular formula is C18H18F4N2O4S. The van der Waals surface area contributed by atoms with Crippen LogP contribution >= 0.6 is 0 Å². The van der Waals surface area contributed by atoms with E-state index in [-0.39, 0.29) is 16.6 Å². The summed E-state index contributed by atoms with van der Waals surface area (Å²) in [6.07, 6.45) is 0. The fraction of sp³-hybridized carbons (Fsp3) is 0.278. The molecule has 1 amide bonds. The smallest absolute Gasteiger partial charge is 0.262 e. The van der Waals surface area contributed by atoms with Crippen molar-refractivity contribution in [2.24, 2.45) is 0 Å². The predicted molar refractivity (Wildman–Crippen MR) is 96.9 cm³/mol. The Morgan fingerprint density at radius 2 is 1.52 bits per heavy atom. The first kappa shape index (κ1) is 22.6. The third-order valence-corrected chi connectivity index (χ3v) is 5.96. The summed E-state index contributed by atoms with van der Waals surface area (Å²) in [5.41, 5.74) is 0.184. The van der Waals surface area contributed by atoms with Crippen LogP contribution in [0.2, 0.25) is 0 Å². The lowest BCUT2D eigenvalue weighted by molar-refractivity contribution is -0.118. The molecule has 29 heavy (non-hydrogen) atoms. The number of hydrogen-bond acceptors (Lipinski definition) is 4. The molecule has 0 spiro atoms. The number of rotatable bonds is 8. The second-order valence-electron chi connectivity index (χ2n) is 5.75. The van der Waals surface area contributed by atoms with Crippen LogP contribution in [0.15, 0.2) is 35.2 Å². The highest BCUT2D eigenvalue weighted by Crippen LogP contribution is 2.26. The summed E-state index contributed by atoms with van der Waals surface area (Å²) in [6.45, 7) is 3.05. The minimum Gasteiger partial charge on any atom is -0.477 e. The highest BCUT2D eigenvalue weighted by atomic mass is 32.2. The first-order valence-corrected chi connectivity index (χ1v) is 9.91. The SMILES string of the molecule is CCN(CC)S(=O)(=O)c1ccc(NC(=O)COc2c(F)c(F)cc(F)c2F)cc1. The van der Waals surface area contributed by atoms with Crippen molar-refractivity contribution in [1.82, 2.24) is 4.31 Å². The van der Waals surface area contributed by atoms with E-state index < -0.39 is 51.6 Å². The van der Waals surface area contributed by atoms with E-state index in [0.717, 1.165) is 0 Å². The van der Waals surface area contributed by atoms with Gasteiger partial charge in [-0.2, -0.15) is 13.1 Å². The van der Waals surface area contributed by atoms with Crippen molar-refractivity contribution in [3.05, 3.63) is 53.6 Å². The van der Waals surface area contributed by atoms with E-state index in [1.54, 1.807) is 13.8 Å². The Bertz CT molecular complexity index is 968. The van der Waals surface area contributed by atoms with E-state index >= 15 is 0 Å². The maximum absolute atomic E-state index is 13.5. The van der Waals surface area contributed by atoms with Gasteiger partial charge in [0.15, 0.2) is 24.0 Å². The number of halogens is 4. The Kier molecular flexibility index (Phi) is 7.20. The van der Waals surface area contributed by atoms with Crippen LogP contribution in [-0.2, 0) is 14.8 Å². The minimum absolute atomic E-state index is 0.0193. The zero-order valence-electron chi connectivity index (χ0n) is 15.5. The van der Waals surface area contributed by atoms with Gasteiger partial charge in [-0.3, -0.25) is 4.79 Å². The molecule has 0 heterocycles. The molecule has 0 aliphatic rings. The third kappa shape index (κ3) is 5.04. The molecule has 2 rings (SSSR count). The van der Waals surface area contributed by atoms with Gasteiger partial charge < -0.3 is 10.1 Å². The van der Waals surface area contributed by atoms with Crippen LogP contribution < -0.4 is 10.1 Å². The lowest BCUT2D eigenvalue weighted by Crippen LogP contribution is -2.30. The number of carbonyl (C=O) groups excluding carboxylic acids is 1. The number of anilines is 1. The van der Waals surface area contributed by atoms with Gasteiger partial charge >= 0.3 is 0 Å². The largest absolute Gasteiger partial charge is 0.477 e. The van der Waals surface area contributed by atoms with E-state index in [1.807, 2.05) is 0 Å². The van der Waals surface area contributed by atoms with Crippen molar-refractivity contribution < 1.29 is 35.5 Å². The number of hydrogen-bond donors (Lipinski definition) is 1. The van der Waals surface area contributed by atoms with Crippen molar-refractivity contribution in [3.63, 3.8) is 0 Å². The van der Waals surface area contributed by atoms with Crippen LogP contribution in [0.1, 0.15) is 13.8 Å². The molecule has 0 fully saturated rings. The van der Waals surface area contributed by atoms with Gasteiger partial charge in [0.1, 0.15) is 0 Å². The van der Waals surface area contributed by atoms with Gasteiger partial charge in [-0.15, -0.1) is 0 Å². The van der Waals surface area contributed by atoms with Crippen LogP contribution in [0.5, 0.6) is 5.75 Å². The van der Waals surface area contributed by atoms with Crippen molar-refractivity contribution in [2.75, 3.05) is 25.0 Å². The van der Waals surface area contributed by atoms with Crippen LogP contribution in [0.25, 0.3) is 0 Å². The topological polar surface area (TPSA) is 75.7 Å². The molecule has 0 saturated heterocycles. The summed E-state index contributed by atoms with van der Waals surface area (Å²) >= 11 is 0. The van der Waals surface area contributed by atoms with E-state index in [1.165, 1.54) is 28.6 Å². The molecule has 0 saturated carbocycles. The second kappa shape index (κ2) is 9.23. The number of nitrogens with zero attached hydrogens (tertiary/aromatic N) is 1. The number of ether oxygens (including phenoxy) is 1. The minimum atomic E-state index is -3.67. The fourth-order valence-corrected chi connectivity index (χ4v) is 3.89. The molecule has 0 aromatic heterocycles. The molecule has 11 heteroatoms. The molecule has 0 aliphatic carbocycles. The van der Waals surface area contributed by atoms with Crippen LogP contribution in [0, 0.1) is 23.3 Å². The Hall–Kier alpha value is -2.66. The van der Waals surface area contributed by atoms with Crippen molar-refractivity contribution in [2.45, 2.75) is 18.7 Å². The molecule has 0 radical (unpaired) electrons. The molecule has 2 aromatic carbocycles. The van der Waals surface area contributed by atoms with Crippen molar-refractivity contribution in [1.29, 1.82) is 0 Å². The molecule has 0 bridgehead atoms. The second-order valence-corrected chi connectivity index (χ2v) is 7.69. The Balaban J connectivity index is 2.06. The van der Waals surface area contributed by atoms with Gasteiger partial charge in [0.2, 0.25) is 21.7 Å². The highest BCUT2D eigenvalue weighted by molar-refractivity contribution is 7.89. The first-order chi connectivity index (χ1) is 13.6. The molecule has 1 N–H and O–H groups in total. The van der Waals surface area contributed by atoms with Crippen LogP contribution in [-0.4, -0.2) is 38.3 Å². The molecule has 0 unspecified atom stereocenters. The quantitative estimate of drug-likeness (QED) is 0.511. The number of amides is 1. The third-order valence-electron chi connectivity index (χ3n) is 3.90. The Morgan fingerprint density at radius 3 is 2.00 bits per heavy atom.